The van der Waals surface area contributed by atoms with Crippen molar-refractivity contribution in [2.24, 2.45) is 4.99 Å². The van der Waals surface area contributed by atoms with Crippen LogP contribution in [0.25, 0.3) is 0 Å². The van der Waals surface area contributed by atoms with Crippen LogP contribution in [0.2, 0.25) is 20.1 Å². The van der Waals surface area contributed by atoms with Crippen LogP contribution in [-0.4, -0.2) is 59.4 Å². The molecule has 1 saturated heterocycles. The molecule has 3 aromatic carbocycles. The number of hydrogen-bond acceptors (Lipinski definition) is 7. The first kappa shape index (κ1) is 51.0. The summed E-state index contributed by atoms with van der Waals surface area (Å²) >= 11 is 26.4. The predicted octanol–water partition coefficient (Wildman–Crippen LogP) is 13.3. The number of aliphatic imine (C=N–C) groups is 1. The van der Waals surface area contributed by atoms with E-state index < -0.39 is 17.5 Å². The molecule has 15 heteroatoms. The van der Waals surface area contributed by atoms with E-state index >= 15 is 0 Å². The summed E-state index contributed by atoms with van der Waals surface area (Å²) in [6.07, 6.45) is 21.4. The molecule has 1 atom stereocenters. The molecule has 2 aliphatic heterocycles. The molecule has 11 nitrogen and oxygen atoms in total. The number of ether oxygens (including phenoxy) is 1. The van der Waals surface area contributed by atoms with E-state index in [1.165, 1.54) is 109 Å². The highest BCUT2D eigenvalue weighted by Gasteiger charge is 2.55. The molecule has 348 valence electrons. The molecule has 2 heterocycles. The summed E-state index contributed by atoms with van der Waals surface area (Å²) < 4.78 is 7.81. The van der Waals surface area contributed by atoms with E-state index in [0.717, 1.165) is 36.6 Å². The van der Waals surface area contributed by atoms with Crippen LogP contribution >= 0.6 is 46.4 Å². The number of amides is 3. The van der Waals surface area contributed by atoms with Crippen LogP contribution in [-0.2, 0) is 19.1 Å². The van der Waals surface area contributed by atoms with Crippen molar-refractivity contribution in [2.45, 2.75) is 149 Å². The normalized spacial score (nSPS) is 16.8. The fourth-order valence-corrected chi connectivity index (χ4v) is 9.44. The third-order valence-corrected chi connectivity index (χ3v) is 12.8. The van der Waals surface area contributed by atoms with Crippen molar-refractivity contribution < 1.29 is 23.7 Å². The van der Waals surface area contributed by atoms with Gasteiger partial charge in [0.15, 0.2) is 5.84 Å². The Bertz CT molecular complexity index is 2090. The average Bonchev–Trinajstić information content (AvgIpc) is 3.75. The fourth-order valence-electron chi connectivity index (χ4n) is 8.29. The van der Waals surface area contributed by atoms with E-state index in [1.54, 1.807) is 22.8 Å². The Hall–Kier alpha value is -4.03. The Morgan fingerprint density at radius 3 is 1.88 bits per heavy atom. The van der Waals surface area contributed by atoms with Gasteiger partial charge in [0.1, 0.15) is 5.69 Å². The Morgan fingerprint density at radius 2 is 1.33 bits per heavy atom. The first-order chi connectivity index (χ1) is 30.9. The number of amidine groups is 1. The Balaban J connectivity index is 1.31. The maximum atomic E-state index is 14.8. The average molecular weight is 959 g/mol. The van der Waals surface area contributed by atoms with Crippen LogP contribution in [0.3, 0.4) is 0 Å². The third-order valence-electron chi connectivity index (χ3n) is 11.7. The molecule has 64 heavy (non-hydrogen) atoms. The first-order valence-corrected chi connectivity index (χ1v) is 24.8. The summed E-state index contributed by atoms with van der Waals surface area (Å²) in [5.41, 5.74) is 3.35. The minimum Gasteiger partial charge on any atom is -0.447 e. The number of carbonyl (C=O) groups is 3. The number of halogens is 4. The van der Waals surface area contributed by atoms with Gasteiger partial charge < -0.3 is 20.3 Å². The quantitative estimate of drug-likeness (QED) is 0.0417. The Morgan fingerprint density at radius 1 is 0.766 bits per heavy atom. The zero-order valence-electron chi connectivity index (χ0n) is 38.0. The third kappa shape index (κ3) is 13.8. The van der Waals surface area contributed by atoms with E-state index in [-0.39, 0.29) is 43.2 Å². The molecule has 0 spiro atoms. The zero-order chi connectivity index (χ0) is 46.1. The standard InChI is InChI=1S/C49H65Cl4N7O4/c1-5-8-9-10-11-12-13-14-15-16-17-18-19-20-21-22-31-64-45-30-29-44(62)59(45)39-27-28-40(51)43(34-39)54-47-49(55-35(4)61,56-37-23-25-38(26-24-37)58(6-2)7-3)48(63)60(57-47)46-41(52)32-36(50)33-42(46)53/h23-28,32-34,56H,5-22,29-31H2,1-4H3,(H-,54,55,57,61)/p+1. The molecule has 3 N–H and O–H groups in total. The first-order valence-electron chi connectivity index (χ1n) is 23.3. The highest BCUT2D eigenvalue weighted by molar-refractivity contribution is 6.43. The van der Waals surface area contributed by atoms with Gasteiger partial charge in [-0.15, -0.1) is 0 Å². The van der Waals surface area contributed by atoms with E-state index in [0.29, 0.717) is 36.7 Å². The molecule has 0 radical (unpaired) electrons. The fraction of sp³-hybridized carbons (Fsp3) is 0.531. The zero-order valence-corrected chi connectivity index (χ0v) is 41.0. The van der Waals surface area contributed by atoms with Gasteiger partial charge in [0.2, 0.25) is 11.6 Å². The number of benzene rings is 3. The minimum atomic E-state index is -2.01. The SMILES string of the molecule is CCCCCCCCCCCCCCCCCCOC1=[N+](c2ccc(Cl)c(N=C3NN(c4c(Cl)cc(Cl)cc4Cl)C(=O)C3(NC(C)=O)Nc3ccc(N(CC)CC)cc3)c2)C(=O)CC1. The molecule has 0 bridgehead atoms. The molecule has 2 aliphatic rings. The molecule has 0 saturated carbocycles. The number of hydrogen-bond donors (Lipinski definition) is 3. The van der Waals surface area contributed by atoms with Crippen molar-refractivity contribution in [3.63, 3.8) is 0 Å². The van der Waals surface area contributed by atoms with Gasteiger partial charge in [0.25, 0.3) is 5.66 Å². The van der Waals surface area contributed by atoms with Gasteiger partial charge in [0.05, 0.1) is 40.2 Å². The summed E-state index contributed by atoms with van der Waals surface area (Å²) in [4.78, 5) is 48.3. The van der Waals surface area contributed by atoms with Gasteiger partial charge in [-0.1, -0.05) is 154 Å². The molecule has 0 aliphatic carbocycles. The van der Waals surface area contributed by atoms with Gasteiger partial charge in [-0.05, 0) is 62.7 Å². The number of nitrogens with zero attached hydrogens (tertiary/aromatic N) is 4. The van der Waals surface area contributed by atoms with Crippen molar-refractivity contribution in [2.75, 3.05) is 34.9 Å². The van der Waals surface area contributed by atoms with Crippen molar-refractivity contribution >= 4 is 104 Å². The molecule has 1 fully saturated rings. The summed E-state index contributed by atoms with van der Waals surface area (Å²) in [5.74, 6) is -0.813. The van der Waals surface area contributed by atoms with Gasteiger partial charge in [-0.25, -0.2) is 14.8 Å². The van der Waals surface area contributed by atoms with E-state index in [2.05, 4.69) is 41.7 Å². The lowest BCUT2D eigenvalue weighted by Crippen LogP contribution is -2.63. The lowest BCUT2D eigenvalue weighted by atomic mass is 10.0. The molecule has 1 unspecified atom stereocenters. The summed E-state index contributed by atoms with van der Waals surface area (Å²) in [6.45, 7) is 9.84. The van der Waals surface area contributed by atoms with Crippen LogP contribution in [0, 0.1) is 0 Å². The molecular formula is C49H66Cl4N7O4+. The molecule has 5 rings (SSSR count). The van der Waals surface area contributed by atoms with Crippen LogP contribution < -0.4 is 26.0 Å². The summed E-state index contributed by atoms with van der Waals surface area (Å²) in [7, 11) is 0. The monoisotopic (exact) mass is 956 g/mol. The highest BCUT2D eigenvalue weighted by atomic mass is 35.5. The topological polar surface area (TPSA) is 118 Å². The number of nitrogens with one attached hydrogen (secondary N) is 3. The van der Waals surface area contributed by atoms with Gasteiger partial charge in [-0.2, -0.15) is 0 Å². The van der Waals surface area contributed by atoms with Crippen LogP contribution in [0.1, 0.15) is 143 Å². The van der Waals surface area contributed by atoms with Crippen molar-refractivity contribution in [3.05, 3.63) is 74.7 Å². The molecular weight excluding hydrogens is 892 g/mol. The van der Waals surface area contributed by atoms with E-state index in [4.69, 9.17) is 56.1 Å². The second kappa shape index (κ2) is 25.6. The largest absolute Gasteiger partial charge is 0.447 e. The number of carbonyl (C=O) groups excluding carboxylic acids is 3. The second-order valence-electron chi connectivity index (χ2n) is 16.6. The Labute approximate surface area is 400 Å². The number of rotatable bonds is 26. The van der Waals surface area contributed by atoms with Crippen LogP contribution in [0.5, 0.6) is 0 Å². The molecule has 0 aromatic heterocycles. The second-order valence-corrected chi connectivity index (χ2v) is 18.3. The van der Waals surface area contributed by atoms with Gasteiger partial charge in [0, 0.05) is 48.5 Å². The summed E-state index contributed by atoms with van der Waals surface area (Å²) in [6, 6.07) is 15.4. The smallest absolute Gasteiger partial charge is 0.396 e. The number of hydrazine groups is 1. The van der Waals surface area contributed by atoms with Crippen molar-refractivity contribution in [3.8, 4) is 0 Å². The van der Waals surface area contributed by atoms with Crippen LogP contribution in [0.4, 0.5) is 28.4 Å². The maximum absolute atomic E-state index is 14.8. The van der Waals surface area contributed by atoms with Crippen molar-refractivity contribution in [1.29, 1.82) is 0 Å². The number of unbranched alkanes of at least 4 members (excludes halogenated alkanes) is 15. The minimum absolute atomic E-state index is 0.0432. The van der Waals surface area contributed by atoms with E-state index in [9.17, 15) is 14.4 Å². The van der Waals surface area contributed by atoms with E-state index in [1.807, 2.05) is 24.3 Å². The summed E-state index contributed by atoms with van der Waals surface area (Å²) in [5, 5.41) is 7.83. The molecule has 3 aromatic rings. The number of anilines is 3. The lowest BCUT2D eigenvalue weighted by Gasteiger charge is -2.30. The van der Waals surface area contributed by atoms with Gasteiger partial charge in [-0.3, -0.25) is 15.0 Å². The van der Waals surface area contributed by atoms with Crippen molar-refractivity contribution in [1.82, 2.24) is 10.7 Å². The Kier molecular flexibility index (Phi) is 20.4. The van der Waals surface area contributed by atoms with Crippen LogP contribution in [0.15, 0.2) is 59.6 Å². The van der Waals surface area contributed by atoms with Gasteiger partial charge >= 0.3 is 17.7 Å². The lowest BCUT2D eigenvalue weighted by molar-refractivity contribution is -0.370. The maximum Gasteiger partial charge on any atom is 0.396 e. The highest BCUT2D eigenvalue weighted by Crippen LogP contribution is 2.40. The predicted molar refractivity (Wildman–Crippen MR) is 265 cm³/mol. The molecule has 3 amide bonds.